The second-order valence-electron chi connectivity index (χ2n) is 6.63. The number of pyridine rings is 1. The van der Waals surface area contributed by atoms with E-state index in [0.29, 0.717) is 6.42 Å². The van der Waals surface area contributed by atoms with E-state index in [1.54, 1.807) is 0 Å². The van der Waals surface area contributed by atoms with Gasteiger partial charge in [-0.15, -0.1) is 0 Å². The van der Waals surface area contributed by atoms with E-state index in [0.717, 1.165) is 24.8 Å². The van der Waals surface area contributed by atoms with Gasteiger partial charge in [-0.2, -0.15) is 0 Å². The summed E-state index contributed by atoms with van der Waals surface area (Å²) in [5.41, 5.74) is 2.10. The second kappa shape index (κ2) is 7.50. The number of ether oxygens (including phenoxy) is 1. The molecule has 0 aliphatic rings. The normalized spacial score (nSPS) is 11.8. The van der Waals surface area contributed by atoms with Crippen LogP contribution in [0.2, 0.25) is 0 Å². The number of nitrogens with zero attached hydrogens (tertiary/aromatic N) is 1. The van der Waals surface area contributed by atoms with E-state index in [1.165, 1.54) is 10.9 Å². The van der Waals surface area contributed by atoms with Gasteiger partial charge in [-0.25, -0.2) is 0 Å². The molecule has 0 aliphatic carbocycles. The Balaban J connectivity index is 1.78. The van der Waals surface area contributed by atoms with Crippen LogP contribution in [0.25, 0.3) is 10.9 Å². The van der Waals surface area contributed by atoms with Crippen molar-refractivity contribution in [2.24, 2.45) is 0 Å². The maximum atomic E-state index is 11.8. The maximum absolute atomic E-state index is 11.8. The molecule has 0 radical (unpaired) electrons. The van der Waals surface area contributed by atoms with E-state index >= 15 is 0 Å². The Morgan fingerprint density at radius 2 is 1.91 bits per heavy atom. The summed E-state index contributed by atoms with van der Waals surface area (Å²) in [4.78, 5) is 16.2. The third kappa shape index (κ3) is 5.23. The second-order valence-corrected chi connectivity index (χ2v) is 6.63. The van der Waals surface area contributed by atoms with Crippen LogP contribution in [0.4, 0.5) is 0 Å². The number of aromatic nitrogens is 1. The SMILES string of the molecule is CC(C)(C)OCC(=O)CCCCc1ccnc2ccccc12. The number of carbonyl (C=O) groups is 1. The summed E-state index contributed by atoms with van der Waals surface area (Å²) < 4.78 is 5.51. The van der Waals surface area contributed by atoms with Crippen molar-refractivity contribution in [3.8, 4) is 0 Å². The maximum Gasteiger partial charge on any atom is 0.158 e. The zero-order valence-electron chi connectivity index (χ0n) is 13.8. The molecule has 0 amide bonds. The third-order valence-corrected chi connectivity index (χ3v) is 3.56. The first-order valence-electron chi connectivity index (χ1n) is 7.94. The number of hydrogen-bond acceptors (Lipinski definition) is 3. The molecule has 0 spiro atoms. The van der Waals surface area contributed by atoms with Crippen molar-refractivity contribution in [3.05, 3.63) is 42.1 Å². The molecule has 0 unspecified atom stereocenters. The number of hydrogen-bond donors (Lipinski definition) is 0. The van der Waals surface area contributed by atoms with Crippen molar-refractivity contribution in [2.45, 2.75) is 52.1 Å². The summed E-state index contributed by atoms with van der Waals surface area (Å²) in [7, 11) is 0. The number of unbranched alkanes of at least 4 members (excludes halogenated alkanes) is 1. The molecule has 1 heterocycles. The van der Waals surface area contributed by atoms with Crippen molar-refractivity contribution in [2.75, 3.05) is 6.61 Å². The molecule has 3 nitrogen and oxygen atoms in total. The minimum Gasteiger partial charge on any atom is -0.368 e. The molecule has 0 saturated carbocycles. The van der Waals surface area contributed by atoms with Crippen LogP contribution in [0, 0.1) is 0 Å². The van der Waals surface area contributed by atoms with Crippen LogP contribution < -0.4 is 0 Å². The van der Waals surface area contributed by atoms with Gasteiger partial charge in [0.05, 0.1) is 11.1 Å². The molecule has 22 heavy (non-hydrogen) atoms. The van der Waals surface area contributed by atoms with Gasteiger partial charge in [-0.05, 0) is 57.7 Å². The van der Waals surface area contributed by atoms with Crippen molar-refractivity contribution in [3.63, 3.8) is 0 Å². The Bertz CT molecular complexity index is 623. The molecule has 2 aromatic rings. The average Bonchev–Trinajstić information content (AvgIpc) is 2.49. The molecule has 0 aliphatic heterocycles. The Kier molecular flexibility index (Phi) is 5.67. The molecule has 0 bridgehead atoms. The Hall–Kier alpha value is -1.74. The molecule has 0 fully saturated rings. The Labute approximate surface area is 132 Å². The number of carbonyl (C=O) groups excluding carboxylic acids is 1. The molecular weight excluding hydrogens is 274 g/mol. The van der Waals surface area contributed by atoms with Crippen LogP contribution in [0.1, 0.15) is 45.6 Å². The van der Waals surface area contributed by atoms with Crippen molar-refractivity contribution >= 4 is 16.7 Å². The fraction of sp³-hybridized carbons (Fsp3) is 0.474. The number of benzene rings is 1. The third-order valence-electron chi connectivity index (χ3n) is 3.56. The van der Waals surface area contributed by atoms with Gasteiger partial charge in [-0.1, -0.05) is 18.2 Å². The van der Waals surface area contributed by atoms with E-state index in [9.17, 15) is 4.79 Å². The number of rotatable bonds is 7. The molecule has 0 atom stereocenters. The van der Waals surface area contributed by atoms with E-state index in [1.807, 2.05) is 45.2 Å². The van der Waals surface area contributed by atoms with Gasteiger partial charge < -0.3 is 4.74 Å². The zero-order valence-corrected chi connectivity index (χ0v) is 13.8. The van der Waals surface area contributed by atoms with E-state index < -0.39 is 0 Å². The lowest BCUT2D eigenvalue weighted by Crippen LogP contribution is -2.23. The molecule has 1 aromatic carbocycles. The summed E-state index contributed by atoms with van der Waals surface area (Å²) in [6.45, 7) is 6.13. The smallest absolute Gasteiger partial charge is 0.158 e. The first kappa shape index (κ1) is 16.6. The molecule has 1 aromatic heterocycles. The highest BCUT2D eigenvalue weighted by molar-refractivity contribution is 5.82. The summed E-state index contributed by atoms with van der Waals surface area (Å²) >= 11 is 0. The van der Waals surface area contributed by atoms with Crippen LogP contribution >= 0.6 is 0 Å². The zero-order chi connectivity index (χ0) is 16.0. The van der Waals surface area contributed by atoms with Gasteiger partial charge in [0.15, 0.2) is 5.78 Å². The average molecular weight is 299 g/mol. The molecule has 0 N–H and O–H groups in total. The standard InChI is InChI=1S/C19H25NO2/c1-19(2,3)22-14-16(21)9-5-4-8-15-12-13-20-18-11-7-6-10-17(15)18/h6-7,10-13H,4-5,8-9,14H2,1-3H3. The summed E-state index contributed by atoms with van der Waals surface area (Å²) in [5, 5.41) is 1.22. The minimum atomic E-state index is -0.244. The molecule has 0 saturated heterocycles. The lowest BCUT2D eigenvalue weighted by Gasteiger charge is -2.18. The monoisotopic (exact) mass is 299 g/mol. The predicted molar refractivity (Wildman–Crippen MR) is 90.0 cm³/mol. The number of ketones is 1. The van der Waals surface area contributed by atoms with Gasteiger partial charge in [0.1, 0.15) is 6.61 Å². The van der Waals surface area contributed by atoms with Gasteiger partial charge in [-0.3, -0.25) is 9.78 Å². The number of fused-ring (bicyclic) bond motifs is 1. The predicted octanol–water partition coefficient (Wildman–Crippen LogP) is 4.33. The van der Waals surface area contributed by atoms with E-state index in [-0.39, 0.29) is 18.0 Å². The summed E-state index contributed by atoms with van der Waals surface area (Å²) in [5.74, 6) is 0.189. The molecule has 3 heteroatoms. The van der Waals surface area contributed by atoms with Crippen LogP contribution in [0.5, 0.6) is 0 Å². The van der Waals surface area contributed by atoms with E-state index in [2.05, 4.69) is 17.1 Å². The minimum absolute atomic E-state index is 0.189. The Morgan fingerprint density at radius 3 is 2.68 bits per heavy atom. The molecule has 2 rings (SSSR count). The van der Waals surface area contributed by atoms with E-state index in [4.69, 9.17) is 4.74 Å². The van der Waals surface area contributed by atoms with Crippen LogP contribution in [-0.4, -0.2) is 23.0 Å². The lowest BCUT2D eigenvalue weighted by atomic mass is 10.0. The summed E-state index contributed by atoms with van der Waals surface area (Å²) in [6.07, 6.45) is 5.35. The van der Waals surface area contributed by atoms with Crippen LogP contribution in [0.15, 0.2) is 36.5 Å². The first-order valence-corrected chi connectivity index (χ1v) is 7.94. The first-order chi connectivity index (χ1) is 10.5. The van der Waals surface area contributed by atoms with Gasteiger partial charge >= 0.3 is 0 Å². The highest BCUT2D eigenvalue weighted by atomic mass is 16.5. The lowest BCUT2D eigenvalue weighted by molar-refractivity contribution is -0.128. The van der Waals surface area contributed by atoms with Crippen molar-refractivity contribution < 1.29 is 9.53 Å². The van der Waals surface area contributed by atoms with Crippen molar-refractivity contribution in [1.29, 1.82) is 0 Å². The molecular formula is C19H25NO2. The number of aryl methyl sites for hydroxylation is 1. The molecule has 118 valence electrons. The van der Waals surface area contributed by atoms with Crippen LogP contribution in [-0.2, 0) is 16.0 Å². The highest BCUT2D eigenvalue weighted by Crippen LogP contribution is 2.18. The fourth-order valence-corrected chi connectivity index (χ4v) is 2.38. The van der Waals surface area contributed by atoms with Gasteiger partial charge in [0, 0.05) is 18.0 Å². The van der Waals surface area contributed by atoms with Gasteiger partial charge in [0.2, 0.25) is 0 Å². The quantitative estimate of drug-likeness (QED) is 0.714. The fourth-order valence-electron chi connectivity index (χ4n) is 2.38. The summed E-state index contributed by atoms with van der Waals surface area (Å²) in [6, 6.07) is 10.3. The highest BCUT2D eigenvalue weighted by Gasteiger charge is 2.12. The largest absolute Gasteiger partial charge is 0.368 e. The topological polar surface area (TPSA) is 39.2 Å². The van der Waals surface area contributed by atoms with Gasteiger partial charge in [0.25, 0.3) is 0 Å². The number of Topliss-reactive ketones (excluding diaryl/α,β-unsaturated/α-hetero) is 1. The van der Waals surface area contributed by atoms with Crippen molar-refractivity contribution in [1.82, 2.24) is 4.98 Å². The Morgan fingerprint density at radius 1 is 1.14 bits per heavy atom. The number of para-hydroxylation sites is 1. The van der Waals surface area contributed by atoms with Crippen LogP contribution in [0.3, 0.4) is 0 Å².